The molecule has 1 aromatic heterocycles. The fraction of sp³-hybridized carbons (Fsp3) is 0.231. The van der Waals surface area contributed by atoms with E-state index in [1.54, 1.807) is 18.5 Å². The molecular weight excluding hydrogens is 269 g/mol. The highest BCUT2D eigenvalue weighted by Crippen LogP contribution is 2.19. The van der Waals surface area contributed by atoms with Crippen LogP contribution in [-0.4, -0.2) is 22.4 Å². The zero-order valence-electron chi connectivity index (χ0n) is 10.1. The first-order chi connectivity index (χ1) is 9.16. The number of nitrogens with zero attached hydrogens (tertiary/aromatic N) is 1. The van der Waals surface area contributed by atoms with Gasteiger partial charge in [-0.3, -0.25) is 4.79 Å². The lowest BCUT2D eigenvalue weighted by Crippen LogP contribution is -2.27. The highest BCUT2D eigenvalue weighted by Gasteiger charge is 2.11. The van der Waals surface area contributed by atoms with Gasteiger partial charge in [-0.1, -0.05) is 17.7 Å². The number of imidazole rings is 1. The van der Waals surface area contributed by atoms with E-state index in [0.717, 1.165) is 5.82 Å². The third kappa shape index (κ3) is 3.79. The second-order valence-electron chi connectivity index (χ2n) is 4.01. The van der Waals surface area contributed by atoms with Crippen molar-refractivity contribution in [1.29, 1.82) is 0 Å². The molecule has 2 N–H and O–H groups in total. The van der Waals surface area contributed by atoms with Crippen molar-refractivity contribution < 1.29 is 9.18 Å². The average Bonchev–Trinajstić information content (AvgIpc) is 2.87. The largest absolute Gasteiger partial charge is 0.355 e. The summed E-state index contributed by atoms with van der Waals surface area (Å²) in [5.74, 6) is 0.0662. The van der Waals surface area contributed by atoms with Crippen LogP contribution in [-0.2, 0) is 17.6 Å². The zero-order valence-corrected chi connectivity index (χ0v) is 10.9. The molecular formula is C13H13ClFN3O. The Kier molecular flexibility index (Phi) is 4.52. The predicted octanol–water partition coefficient (Wildman–Crippen LogP) is 2.10. The molecule has 0 bridgehead atoms. The molecule has 0 fully saturated rings. The van der Waals surface area contributed by atoms with Gasteiger partial charge in [-0.15, -0.1) is 0 Å². The van der Waals surface area contributed by atoms with Crippen molar-refractivity contribution in [3.63, 3.8) is 0 Å². The van der Waals surface area contributed by atoms with Crippen molar-refractivity contribution in [2.24, 2.45) is 0 Å². The third-order valence-corrected chi connectivity index (χ3v) is 2.99. The number of hydrogen-bond acceptors (Lipinski definition) is 2. The van der Waals surface area contributed by atoms with Gasteiger partial charge in [0, 0.05) is 35.9 Å². The summed E-state index contributed by atoms with van der Waals surface area (Å²) in [5.41, 5.74) is 0.222. The Hall–Kier alpha value is -1.88. The van der Waals surface area contributed by atoms with Gasteiger partial charge in [0.15, 0.2) is 0 Å². The van der Waals surface area contributed by atoms with Gasteiger partial charge in [-0.05, 0) is 12.1 Å². The smallest absolute Gasteiger partial charge is 0.224 e. The molecule has 2 rings (SSSR count). The minimum absolute atomic E-state index is 0.0658. The molecule has 2 aromatic rings. The molecule has 19 heavy (non-hydrogen) atoms. The van der Waals surface area contributed by atoms with Crippen molar-refractivity contribution in [2.45, 2.75) is 12.8 Å². The maximum Gasteiger partial charge on any atom is 0.224 e. The number of benzene rings is 1. The van der Waals surface area contributed by atoms with E-state index in [0.29, 0.717) is 13.0 Å². The van der Waals surface area contributed by atoms with Gasteiger partial charge in [0.1, 0.15) is 11.6 Å². The van der Waals surface area contributed by atoms with Crippen LogP contribution in [0.5, 0.6) is 0 Å². The normalized spacial score (nSPS) is 10.4. The highest BCUT2D eigenvalue weighted by atomic mass is 35.5. The predicted molar refractivity (Wildman–Crippen MR) is 70.4 cm³/mol. The van der Waals surface area contributed by atoms with Crippen molar-refractivity contribution in [3.8, 4) is 0 Å². The van der Waals surface area contributed by atoms with E-state index in [2.05, 4.69) is 15.3 Å². The number of carbonyl (C=O) groups excluding carboxylic acids is 1. The van der Waals surface area contributed by atoms with Crippen LogP contribution in [0.25, 0.3) is 0 Å². The monoisotopic (exact) mass is 281 g/mol. The van der Waals surface area contributed by atoms with Crippen molar-refractivity contribution in [1.82, 2.24) is 15.3 Å². The molecule has 0 radical (unpaired) electrons. The molecule has 0 spiro atoms. The summed E-state index contributed by atoms with van der Waals surface area (Å²) in [7, 11) is 0. The van der Waals surface area contributed by atoms with E-state index in [9.17, 15) is 9.18 Å². The SMILES string of the molecule is O=C(Cc1c(F)cccc1Cl)NCCc1ncc[nH]1. The fourth-order valence-electron chi connectivity index (χ4n) is 1.68. The Morgan fingerprint density at radius 2 is 2.32 bits per heavy atom. The molecule has 1 aromatic carbocycles. The van der Waals surface area contributed by atoms with Crippen LogP contribution < -0.4 is 5.32 Å². The van der Waals surface area contributed by atoms with Crippen LogP contribution in [0, 0.1) is 5.82 Å². The Labute approximate surface area is 115 Å². The number of aromatic nitrogens is 2. The number of aromatic amines is 1. The molecule has 1 amide bonds. The molecule has 6 heteroatoms. The lowest BCUT2D eigenvalue weighted by atomic mass is 10.1. The van der Waals surface area contributed by atoms with E-state index in [4.69, 9.17) is 11.6 Å². The summed E-state index contributed by atoms with van der Waals surface area (Å²) in [4.78, 5) is 18.7. The molecule has 0 aliphatic carbocycles. The topological polar surface area (TPSA) is 57.8 Å². The van der Waals surface area contributed by atoms with E-state index < -0.39 is 5.82 Å². The molecule has 0 aliphatic heterocycles. The number of halogens is 2. The first-order valence-electron chi connectivity index (χ1n) is 5.84. The molecule has 1 heterocycles. The Morgan fingerprint density at radius 3 is 3.00 bits per heavy atom. The quantitative estimate of drug-likeness (QED) is 0.882. The van der Waals surface area contributed by atoms with Gasteiger partial charge >= 0.3 is 0 Å². The maximum absolute atomic E-state index is 13.5. The Bertz CT molecular complexity index is 537. The van der Waals surface area contributed by atoms with Crippen LogP contribution in [0.15, 0.2) is 30.6 Å². The maximum atomic E-state index is 13.5. The Morgan fingerprint density at radius 1 is 1.47 bits per heavy atom. The number of rotatable bonds is 5. The van der Waals surface area contributed by atoms with Gasteiger partial charge in [-0.25, -0.2) is 9.37 Å². The number of carbonyl (C=O) groups is 1. The lowest BCUT2D eigenvalue weighted by Gasteiger charge is -2.06. The van der Waals surface area contributed by atoms with Crippen molar-refractivity contribution in [3.05, 3.63) is 52.8 Å². The molecule has 0 saturated carbocycles. The minimum Gasteiger partial charge on any atom is -0.355 e. The summed E-state index contributed by atoms with van der Waals surface area (Å²) in [5, 5.41) is 2.96. The first kappa shape index (κ1) is 13.5. The highest BCUT2D eigenvalue weighted by molar-refractivity contribution is 6.31. The second kappa shape index (κ2) is 6.33. The molecule has 0 saturated heterocycles. The molecule has 0 aliphatic rings. The number of amides is 1. The minimum atomic E-state index is -0.464. The number of H-pyrrole nitrogens is 1. The molecule has 0 unspecified atom stereocenters. The number of hydrogen-bond donors (Lipinski definition) is 2. The summed E-state index contributed by atoms with van der Waals surface area (Å²) >= 11 is 5.85. The van der Waals surface area contributed by atoms with Gasteiger partial charge in [0.25, 0.3) is 0 Å². The van der Waals surface area contributed by atoms with Crippen LogP contribution in [0.4, 0.5) is 4.39 Å². The average molecular weight is 282 g/mol. The zero-order chi connectivity index (χ0) is 13.7. The molecule has 0 atom stereocenters. The van der Waals surface area contributed by atoms with Crippen LogP contribution in [0.3, 0.4) is 0 Å². The van der Waals surface area contributed by atoms with Gasteiger partial charge < -0.3 is 10.3 Å². The van der Waals surface area contributed by atoms with E-state index in [1.807, 2.05) is 0 Å². The van der Waals surface area contributed by atoms with Crippen molar-refractivity contribution in [2.75, 3.05) is 6.54 Å². The summed E-state index contributed by atoms with van der Waals surface area (Å²) in [6, 6.07) is 4.36. The Balaban J connectivity index is 1.84. The van der Waals surface area contributed by atoms with Gasteiger partial charge in [0.2, 0.25) is 5.91 Å². The van der Waals surface area contributed by atoms with E-state index in [-0.39, 0.29) is 22.9 Å². The standard InChI is InChI=1S/C13H13ClFN3O/c14-10-2-1-3-11(15)9(10)8-13(19)18-5-4-12-16-6-7-17-12/h1-3,6-7H,4-5,8H2,(H,16,17)(H,18,19). The fourth-order valence-corrected chi connectivity index (χ4v) is 1.91. The number of nitrogens with one attached hydrogen (secondary N) is 2. The van der Waals surface area contributed by atoms with Gasteiger partial charge in [0.05, 0.1) is 6.42 Å². The molecule has 4 nitrogen and oxygen atoms in total. The lowest BCUT2D eigenvalue weighted by molar-refractivity contribution is -0.120. The summed E-state index contributed by atoms with van der Waals surface area (Å²) in [6.45, 7) is 0.443. The van der Waals surface area contributed by atoms with Crippen LogP contribution >= 0.6 is 11.6 Å². The van der Waals surface area contributed by atoms with Gasteiger partial charge in [-0.2, -0.15) is 0 Å². The second-order valence-corrected chi connectivity index (χ2v) is 4.42. The van der Waals surface area contributed by atoms with E-state index in [1.165, 1.54) is 12.1 Å². The molecule has 100 valence electrons. The van der Waals surface area contributed by atoms with Crippen LogP contribution in [0.1, 0.15) is 11.4 Å². The summed E-state index contributed by atoms with van der Waals surface area (Å²) < 4.78 is 13.5. The van der Waals surface area contributed by atoms with Crippen molar-refractivity contribution >= 4 is 17.5 Å². The van der Waals surface area contributed by atoms with E-state index >= 15 is 0 Å². The third-order valence-electron chi connectivity index (χ3n) is 2.64. The summed E-state index contributed by atoms with van der Waals surface area (Å²) in [6.07, 6.45) is 3.90. The first-order valence-corrected chi connectivity index (χ1v) is 6.22. The van der Waals surface area contributed by atoms with Crippen LogP contribution in [0.2, 0.25) is 5.02 Å².